The van der Waals surface area contributed by atoms with Crippen molar-refractivity contribution < 1.29 is 27.5 Å². The average Bonchev–Trinajstić information content (AvgIpc) is 3.12. The van der Waals surface area contributed by atoms with Crippen LogP contribution in [0.25, 0.3) is 0 Å². The normalized spacial score (nSPS) is 21.3. The molecular formula is C17H16F3NO3. The van der Waals surface area contributed by atoms with E-state index in [4.69, 9.17) is 4.42 Å². The maximum Gasteiger partial charge on any atom is 0.416 e. The van der Waals surface area contributed by atoms with E-state index in [1.165, 1.54) is 23.1 Å². The molecule has 1 N–H and O–H groups in total. The molecule has 0 bridgehead atoms. The second-order valence-electron chi connectivity index (χ2n) is 5.90. The molecule has 24 heavy (non-hydrogen) atoms. The number of aryl methyl sites for hydroxylation is 1. The summed E-state index contributed by atoms with van der Waals surface area (Å²) < 4.78 is 44.0. The molecule has 1 saturated heterocycles. The molecule has 4 nitrogen and oxygen atoms in total. The lowest BCUT2D eigenvalue weighted by Crippen LogP contribution is -2.31. The minimum Gasteiger partial charge on any atom is -0.456 e. The Hall–Kier alpha value is -2.28. The number of amides is 1. The van der Waals surface area contributed by atoms with Crippen molar-refractivity contribution in [3.8, 4) is 0 Å². The highest BCUT2D eigenvalue weighted by atomic mass is 19.4. The fraction of sp³-hybridized carbons (Fsp3) is 0.353. The molecule has 1 amide bonds. The van der Waals surface area contributed by atoms with Gasteiger partial charge in [-0.3, -0.25) is 4.79 Å². The molecule has 0 unspecified atom stereocenters. The summed E-state index contributed by atoms with van der Waals surface area (Å²) in [6, 6.07) is 7.38. The number of hydrogen-bond donors (Lipinski definition) is 1. The number of β-amino-alcohol motifs (C(OH)–C–C–N with tert-alkyl or cyclic N) is 1. The van der Waals surface area contributed by atoms with E-state index in [0.717, 1.165) is 12.1 Å². The van der Waals surface area contributed by atoms with Gasteiger partial charge in [0.2, 0.25) is 0 Å². The lowest BCUT2D eigenvalue weighted by Gasteiger charge is -2.24. The molecule has 1 aromatic carbocycles. The molecule has 0 saturated carbocycles. The van der Waals surface area contributed by atoms with E-state index in [1.807, 2.05) is 0 Å². The van der Waals surface area contributed by atoms with Gasteiger partial charge in [-0.1, -0.05) is 12.1 Å². The zero-order valence-electron chi connectivity index (χ0n) is 12.9. The second kappa shape index (κ2) is 5.98. The van der Waals surface area contributed by atoms with Gasteiger partial charge in [-0.2, -0.15) is 13.2 Å². The SMILES string of the molecule is Cc1ccc(C(=O)N2C[C@H](O)C[C@@H]2c2cccc(C(F)(F)F)c2)o1. The molecule has 0 radical (unpaired) electrons. The number of aliphatic hydroxyl groups is 1. The van der Waals surface area contributed by atoms with Gasteiger partial charge < -0.3 is 14.4 Å². The number of aliphatic hydroxyl groups excluding tert-OH is 1. The third kappa shape index (κ3) is 3.17. The Kier molecular flexibility index (Phi) is 4.13. The first kappa shape index (κ1) is 16.6. The number of rotatable bonds is 2. The van der Waals surface area contributed by atoms with E-state index < -0.39 is 29.8 Å². The van der Waals surface area contributed by atoms with Crippen LogP contribution >= 0.6 is 0 Å². The van der Waals surface area contributed by atoms with Gasteiger partial charge in [0.1, 0.15) is 5.76 Å². The molecule has 0 spiro atoms. The van der Waals surface area contributed by atoms with Crippen molar-refractivity contribution in [2.45, 2.75) is 31.7 Å². The van der Waals surface area contributed by atoms with Gasteiger partial charge in [0.25, 0.3) is 5.91 Å². The Morgan fingerprint density at radius 3 is 2.67 bits per heavy atom. The highest BCUT2D eigenvalue weighted by Crippen LogP contribution is 2.37. The summed E-state index contributed by atoms with van der Waals surface area (Å²) in [5, 5.41) is 9.91. The minimum atomic E-state index is -4.46. The Balaban J connectivity index is 1.92. The van der Waals surface area contributed by atoms with Gasteiger partial charge in [-0.05, 0) is 43.2 Å². The summed E-state index contributed by atoms with van der Waals surface area (Å²) in [5.74, 6) is 0.231. The summed E-state index contributed by atoms with van der Waals surface area (Å²) >= 11 is 0. The van der Waals surface area contributed by atoms with E-state index in [2.05, 4.69) is 0 Å². The van der Waals surface area contributed by atoms with Crippen molar-refractivity contribution in [2.24, 2.45) is 0 Å². The topological polar surface area (TPSA) is 53.7 Å². The summed E-state index contributed by atoms with van der Waals surface area (Å²) in [7, 11) is 0. The largest absolute Gasteiger partial charge is 0.456 e. The summed E-state index contributed by atoms with van der Waals surface area (Å²) in [6.07, 6.45) is -5.06. The van der Waals surface area contributed by atoms with Crippen LogP contribution in [-0.4, -0.2) is 28.6 Å². The van der Waals surface area contributed by atoms with E-state index >= 15 is 0 Å². The second-order valence-corrected chi connectivity index (χ2v) is 5.90. The van der Waals surface area contributed by atoms with Crippen molar-refractivity contribution >= 4 is 5.91 Å². The van der Waals surface area contributed by atoms with E-state index in [-0.39, 0.29) is 18.7 Å². The number of furan rings is 1. The van der Waals surface area contributed by atoms with Crippen LogP contribution in [-0.2, 0) is 6.18 Å². The van der Waals surface area contributed by atoms with Crippen molar-refractivity contribution in [1.29, 1.82) is 0 Å². The van der Waals surface area contributed by atoms with Gasteiger partial charge in [-0.15, -0.1) is 0 Å². The maximum atomic E-state index is 12.9. The highest BCUT2D eigenvalue weighted by Gasteiger charge is 2.38. The first-order valence-corrected chi connectivity index (χ1v) is 7.48. The quantitative estimate of drug-likeness (QED) is 0.910. The van der Waals surface area contributed by atoms with E-state index in [0.29, 0.717) is 11.3 Å². The Morgan fingerprint density at radius 2 is 2.04 bits per heavy atom. The third-order valence-corrected chi connectivity index (χ3v) is 4.09. The van der Waals surface area contributed by atoms with Crippen LogP contribution in [0.2, 0.25) is 0 Å². The lowest BCUT2D eigenvalue weighted by molar-refractivity contribution is -0.137. The van der Waals surface area contributed by atoms with Gasteiger partial charge >= 0.3 is 6.18 Å². The number of carbonyl (C=O) groups excluding carboxylic acids is 1. The molecule has 1 aliphatic rings. The number of carbonyl (C=O) groups is 1. The fourth-order valence-corrected chi connectivity index (χ4v) is 2.97. The molecule has 128 valence electrons. The number of benzene rings is 1. The number of nitrogens with zero attached hydrogens (tertiary/aromatic N) is 1. The van der Waals surface area contributed by atoms with E-state index in [9.17, 15) is 23.1 Å². The zero-order valence-corrected chi connectivity index (χ0v) is 12.9. The molecule has 2 atom stereocenters. The molecule has 0 aliphatic carbocycles. The van der Waals surface area contributed by atoms with Crippen molar-refractivity contribution in [3.63, 3.8) is 0 Å². The monoisotopic (exact) mass is 339 g/mol. The predicted molar refractivity (Wildman–Crippen MR) is 79.3 cm³/mol. The van der Waals surface area contributed by atoms with Crippen molar-refractivity contribution in [3.05, 3.63) is 59.0 Å². The molecule has 1 aromatic heterocycles. The summed E-state index contributed by atoms with van der Waals surface area (Å²) in [6.45, 7) is 1.75. The summed E-state index contributed by atoms with van der Waals surface area (Å²) in [5.41, 5.74) is -0.430. The number of hydrogen-bond acceptors (Lipinski definition) is 3. The van der Waals surface area contributed by atoms with Gasteiger partial charge in [0.05, 0.1) is 17.7 Å². The number of likely N-dealkylation sites (tertiary alicyclic amines) is 1. The number of halogens is 3. The Morgan fingerprint density at radius 1 is 1.29 bits per heavy atom. The standard InChI is InChI=1S/C17H16F3NO3/c1-10-5-6-15(24-10)16(23)21-9-13(22)8-14(21)11-3-2-4-12(7-11)17(18,19)20/h2-7,13-14,22H,8-9H2,1H3/t13-,14-/m1/s1. The third-order valence-electron chi connectivity index (χ3n) is 4.09. The zero-order chi connectivity index (χ0) is 17.5. The number of alkyl halides is 3. The van der Waals surface area contributed by atoms with Crippen molar-refractivity contribution in [1.82, 2.24) is 4.90 Å². The smallest absolute Gasteiger partial charge is 0.416 e. The molecule has 2 heterocycles. The first-order valence-electron chi connectivity index (χ1n) is 7.48. The van der Waals surface area contributed by atoms with Gasteiger partial charge in [-0.25, -0.2) is 0 Å². The summed E-state index contributed by atoms with van der Waals surface area (Å²) in [4.78, 5) is 13.9. The van der Waals surface area contributed by atoms with Gasteiger partial charge in [0.15, 0.2) is 5.76 Å². The van der Waals surface area contributed by atoms with E-state index in [1.54, 1.807) is 13.0 Å². The van der Waals surface area contributed by atoms with Crippen LogP contribution in [0.5, 0.6) is 0 Å². The molecule has 1 aliphatic heterocycles. The molecular weight excluding hydrogens is 323 g/mol. The Bertz CT molecular complexity index is 754. The Labute approximate surface area is 136 Å². The van der Waals surface area contributed by atoms with Crippen LogP contribution in [0.4, 0.5) is 13.2 Å². The first-order chi connectivity index (χ1) is 11.3. The maximum absolute atomic E-state index is 12.9. The molecule has 3 rings (SSSR count). The molecule has 2 aromatic rings. The van der Waals surface area contributed by atoms with Crippen LogP contribution in [0, 0.1) is 6.92 Å². The minimum absolute atomic E-state index is 0.0551. The van der Waals surface area contributed by atoms with Crippen LogP contribution < -0.4 is 0 Å². The van der Waals surface area contributed by atoms with Crippen LogP contribution in [0.15, 0.2) is 40.8 Å². The molecule has 1 fully saturated rings. The average molecular weight is 339 g/mol. The fourth-order valence-electron chi connectivity index (χ4n) is 2.97. The predicted octanol–water partition coefficient (Wildman–Crippen LogP) is 3.55. The highest BCUT2D eigenvalue weighted by molar-refractivity contribution is 5.92. The van der Waals surface area contributed by atoms with Crippen molar-refractivity contribution in [2.75, 3.05) is 6.54 Å². The van der Waals surface area contributed by atoms with Crippen LogP contribution in [0.3, 0.4) is 0 Å². The lowest BCUT2D eigenvalue weighted by atomic mass is 10.0. The van der Waals surface area contributed by atoms with Gasteiger partial charge in [0, 0.05) is 6.54 Å². The van der Waals surface area contributed by atoms with Crippen LogP contribution in [0.1, 0.15) is 39.9 Å². The molecule has 7 heteroatoms.